The number of nitrogens with two attached hydrogens (primary N) is 1. The molecule has 1 amide bonds. The van der Waals surface area contributed by atoms with Crippen LogP contribution in [-0.4, -0.2) is 67.0 Å². The zero-order valence-electron chi connectivity index (χ0n) is 18.9. The van der Waals surface area contributed by atoms with Gasteiger partial charge in [-0.05, 0) is 42.2 Å². The molecule has 1 aliphatic heterocycles. The van der Waals surface area contributed by atoms with Crippen molar-refractivity contribution in [3.63, 3.8) is 0 Å². The van der Waals surface area contributed by atoms with Crippen LogP contribution in [0.3, 0.4) is 0 Å². The lowest BCUT2D eigenvalue weighted by Gasteiger charge is -2.19. The van der Waals surface area contributed by atoms with Gasteiger partial charge in [0.05, 0.1) is 24.6 Å². The van der Waals surface area contributed by atoms with Crippen molar-refractivity contribution in [1.82, 2.24) is 30.7 Å². The van der Waals surface area contributed by atoms with Crippen molar-refractivity contribution in [3.8, 4) is 5.82 Å². The molecule has 0 unspecified atom stereocenters. The minimum Gasteiger partial charge on any atom is -0.461 e. The van der Waals surface area contributed by atoms with Crippen molar-refractivity contribution in [2.24, 2.45) is 10.3 Å². The standard InChI is InChI=1S/C20H22N10O5/c1-3-34-20(32)15(25-33)11(2)22-24-19(31)16-14(30(28-23-16)18-17(21)26-35-27-18)10-29-9-8-12-6-4-5-7-13(12)29/h4-7,33H,3,8-10H2,1-2H3,(H2,21,26)(H,24,31)/b22-11+,25-15-. The maximum absolute atomic E-state index is 13.0. The van der Waals surface area contributed by atoms with Gasteiger partial charge in [-0.3, -0.25) is 4.79 Å². The van der Waals surface area contributed by atoms with Crippen LogP contribution in [0.4, 0.5) is 11.5 Å². The predicted octanol–water partition coefficient (Wildman–Crippen LogP) is 0.294. The highest BCUT2D eigenvalue weighted by Gasteiger charge is 2.28. The molecule has 15 heteroatoms. The molecule has 0 spiro atoms. The molecule has 0 bridgehead atoms. The second kappa shape index (κ2) is 9.98. The van der Waals surface area contributed by atoms with Crippen LogP contribution in [0.15, 0.2) is 39.2 Å². The fraction of sp³-hybridized carbons (Fsp3) is 0.300. The third-order valence-electron chi connectivity index (χ3n) is 5.24. The first-order valence-electron chi connectivity index (χ1n) is 10.5. The highest BCUT2D eigenvalue weighted by molar-refractivity contribution is 6.65. The minimum absolute atomic E-state index is 0.0305. The molecule has 0 fully saturated rings. The summed E-state index contributed by atoms with van der Waals surface area (Å²) in [6.07, 6.45) is 0.841. The van der Waals surface area contributed by atoms with Gasteiger partial charge in [-0.15, -0.1) is 5.10 Å². The number of amides is 1. The monoisotopic (exact) mass is 482 g/mol. The van der Waals surface area contributed by atoms with Gasteiger partial charge in [0.15, 0.2) is 5.69 Å². The number of hydrazone groups is 1. The van der Waals surface area contributed by atoms with Gasteiger partial charge in [0, 0.05) is 12.2 Å². The number of rotatable bonds is 8. The Bertz CT molecular complexity index is 1310. The average molecular weight is 482 g/mol. The molecular formula is C20H22N10O5. The summed E-state index contributed by atoms with van der Waals surface area (Å²) >= 11 is 0. The Morgan fingerprint density at radius 2 is 2.11 bits per heavy atom. The summed E-state index contributed by atoms with van der Waals surface area (Å²) in [6, 6.07) is 7.93. The van der Waals surface area contributed by atoms with Gasteiger partial charge in [-0.2, -0.15) is 9.78 Å². The van der Waals surface area contributed by atoms with Gasteiger partial charge in [-0.1, -0.05) is 28.6 Å². The Balaban J connectivity index is 1.64. The van der Waals surface area contributed by atoms with Crippen LogP contribution in [0, 0.1) is 0 Å². The molecule has 0 atom stereocenters. The number of oxime groups is 1. The number of hydrogen-bond acceptors (Lipinski definition) is 13. The van der Waals surface area contributed by atoms with Crippen LogP contribution in [0.2, 0.25) is 0 Å². The molecule has 1 aliphatic rings. The molecular weight excluding hydrogens is 460 g/mol. The van der Waals surface area contributed by atoms with E-state index in [1.165, 1.54) is 17.2 Å². The fourth-order valence-corrected chi connectivity index (χ4v) is 3.58. The van der Waals surface area contributed by atoms with E-state index in [0.717, 1.165) is 12.1 Å². The maximum atomic E-state index is 13.0. The van der Waals surface area contributed by atoms with E-state index in [4.69, 9.17) is 15.7 Å². The minimum atomic E-state index is -0.890. The van der Waals surface area contributed by atoms with E-state index in [1.54, 1.807) is 6.92 Å². The number of aromatic nitrogens is 5. The number of fused-ring (bicyclic) bond motifs is 1. The van der Waals surface area contributed by atoms with Crippen LogP contribution >= 0.6 is 0 Å². The molecule has 0 saturated heterocycles. The summed E-state index contributed by atoms with van der Waals surface area (Å²) < 4.78 is 10.8. The van der Waals surface area contributed by atoms with Crippen LogP contribution in [0.25, 0.3) is 5.82 Å². The number of benzene rings is 1. The number of anilines is 2. The molecule has 182 valence electrons. The number of para-hydroxylation sites is 1. The molecule has 15 nitrogen and oxygen atoms in total. The topological polar surface area (TPSA) is 199 Å². The molecule has 0 aliphatic carbocycles. The lowest BCUT2D eigenvalue weighted by atomic mass is 10.2. The average Bonchev–Trinajstić information content (AvgIpc) is 3.57. The van der Waals surface area contributed by atoms with E-state index in [2.05, 4.69) is 45.8 Å². The zero-order chi connectivity index (χ0) is 24.9. The number of ether oxygens (including phenoxy) is 1. The quantitative estimate of drug-likeness (QED) is 0.172. The molecule has 4 N–H and O–H groups in total. The van der Waals surface area contributed by atoms with Gasteiger partial charge in [0.2, 0.25) is 17.3 Å². The Kier molecular flexibility index (Phi) is 6.66. The van der Waals surface area contributed by atoms with Gasteiger partial charge in [0.25, 0.3) is 5.91 Å². The summed E-state index contributed by atoms with van der Waals surface area (Å²) in [6.45, 7) is 4.00. The number of carbonyl (C=O) groups is 2. The van der Waals surface area contributed by atoms with E-state index in [0.29, 0.717) is 12.2 Å². The Morgan fingerprint density at radius 3 is 2.83 bits per heavy atom. The van der Waals surface area contributed by atoms with Crippen molar-refractivity contribution < 1.29 is 24.2 Å². The smallest absolute Gasteiger partial charge is 0.362 e. The second-order valence-electron chi connectivity index (χ2n) is 7.38. The number of hydrogen-bond donors (Lipinski definition) is 3. The Labute approximate surface area is 198 Å². The van der Waals surface area contributed by atoms with Crippen molar-refractivity contribution in [2.75, 3.05) is 23.8 Å². The number of nitrogen functional groups attached to an aromatic ring is 1. The predicted molar refractivity (Wildman–Crippen MR) is 121 cm³/mol. The van der Waals surface area contributed by atoms with Crippen molar-refractivity contribution in [3.05, 3.63) is 41.2 Å². The van der Waals surface area contributed by atoms with Gasteiger partial charge in [0.1, 0.15) is 0 Å². The van der Waals surface area contributed by atoms with E-state index >= 15 is 0 Å². The third kappa shape index (κ3) is 4.64. The van der Waals surface area contributed by atoms with Crippen molar-refractivity contribution in [2.45, 2.75) is 26.8 Å². The molecule has 1 aromatic carbocycles. The number of carbonyl (C=O) groups excluding carboxylic acids is 2. The first kappa shape index (κ1) is 23.3. The van der Waals surface area contributed by atoms with Gasteiger partial charge in [-0.25, -0.2) is 14.8 Å². The molecule has 3 aromatic rings. The fourth-order valence-electron chi connectivity index (χ4n) is 3.58. The normalized spacial score (nSPS) is 13.6. The first-order valence-corrected chi connectivity index (χ1v) is 10.5. The van der Waals surface area contributed by atoms with E-state index in [-0.39, 0.29) is 36.2 Å². The zero-order valence-corrected chi connectivity index (χ0v) is 18.9. The van der Waals surface area contributed by atoms with Crippen LogP contribution in [0.1, 0.15) is 35.6 Å². The Morgan fingerprint density at radius 1 is 1.31 bits per heavy atom. The van der Waals surface area contributed by atoms with Crippen LogP contribution in [0.5, 0.6) is 0 Å². The highest BCUT2D eigenvalue weighted by atomic mass is 16.6. The van der Waals surface area contributed by atoms with Gasteiger partial charge < -0.3 is 20.6 Å². The van der Waals surface area contributed by atoms with Crippen molar-refractivity contribution in [1.29, 1.82) is 0 Å². The summed E-state index contributed by atoms with van der Waals surface area (Å²) in [4.78, 5) is 26.9. The van der Waals surface area contributed by atoms with Gasteiger partial charge >= 0.3 is 5.97 Å². The molecule has 2 aromatic heterocycles. The molecule has 0 saturated carbocycles. The van der Waals surface area contributed by atoms with Crippen LogP contribution in [-0.2, 0) is 22.5 Å². The van der Waals surface area contributed by atoms with E-state index in [1.807, 2.05) is 24.3 Å². The number of nitrogens with one attached hydrogen (secondary N) is 1. The van der Waals surface area contributed by atoms with E-state index < -0.39 is 17.6 Å². The summed E-state index contributed by atoms with van der Waals surface area (Å²) in [5, 5.41) is 31.2. The Hall–Kier alpha value is -4.82. The third-order valence-corrected chi connectivity index (χ3v) is 5.24. The van der Waals surface area contributed by atoms with Crippen LogP contribution < -0.4 is 16.1 Å². The highest BCUT2D eigenvalue weighted by Crippen LogP contribution is 2.30. The second-order valence-corrected chi connectivity index (χ2v) is 7.38. The maximum Gasteiger partial charge on any atom is 0.362 e. The SMILES string of the molecule is CCOC(=O)C(=N\O)/C(C)=N/NC(=O)c1nnn(-c2nonc2N)c1CN1CCc2ccccc21. The largest absolute Gasteiger partial charge is 0.461 e. The molecule has 35 heavy (non-hydrogen) atoms. The number of esters is 1. The first-order chi connectivity index (χ1) is 16.9. The summed E-state index contributed by atoms with van der Waals surface area (Å²) in [5.74, 6) is -1.57. The van der Waals surface area contributed by atoms with E-state index in [9.17, 15) is 9.59 Å². The lowest BCUT2D eigenvalue weighted by molar-refractivity contribution is -0.134. The summed E-state index contributed by atoms with van der Waals surface area (Å²) in [5.41, 5.74) is 10.1. The molecule has 0 radical (unpaired) electrons. The summed E-state index contributed by atoms with van der Waals surface area (Å²) in [7, 11) is 0. The number of nitrogens with zero attached hydrogens (tertiary/aromatic N) is 8. The van der Waals surface area contributed by atoms with Crippen molar-refractivity contribution >= 4 is 34.8 Å². The molecule has 4 rings (SSSR count). The lowest BCUT2D eigenvalue weighted by Crippen LogP contribution is -2.29. The molecule has 3 heterocycles.